The number of hydrogen-bond acceptors (Lipinski definition) is 7. The van der Waals surface area contributed by atoms with Crippen LogP contribution in [0.25, 0.3) is 0 Å². The Bertz CT molecular complexity index is 850. The number of anilines is 1. The highest BCUT2D eigenvalue weighted by atomic mass is 127. The molecular formula is C21H33IN8O2. The molecule has 1 aliphatic rings. The van der Waals surface area contributed by atoms with E-state index in [4.69, 9.17) is 4.52 Å². The van der Waals surface area contributed by atoms with Gasteiger partial charge in [-0.25, -0.2) is 15.0 Å². The maximum Gasteiger partial charge on any atom is 0.225 e. The lowest BCUT2D eigenvalue weighted by Crippen LogP contribution is -2.50. The summed E-state index contributed by atoms with van der Waals surface area (Å²) in [5.74, 6) is 2.55. The Morgan fingerprint density at radius 1 is 1.19 bits per heavy atom. The molecule has 11 heteroatoms. The summed E-state index contributed by atoms with van der Waals surface area (Å²) >= 11 is 0. The van der Waals surface area contributed by atoms with Crippen LogP contribution in [0.1, 0.15) is 44.6 Å². The topological polar surface area (TPSA) is 112 Å². The summed E-state index contributed by atoms with van der Waals surface area (Å²) in [6.07, 6.45) is 3.88. The Morgan fingerprint density at radius 2 is 1.91 bits per heavy atom. The Kier molecular flexibility index (Phi) is 10.6. The van der Waals surface area contributed by atoms with Crippen molar-refractivity contribution in [2.24, 2.45) is 4.99 Å². The van der Waals surface area contributed by atoms with Gasteiger partial charge in [0.2, 0.25) is 11.9 Å². The van der Waals surface area contributed by atoms with E-state index in [-0.39, 0.29) is 29.9 Å². The largest absolute Gasteiger partial charge is 0.359 e. The van der Waals surface area contributed by atoms with Crippen LogP contribution in [-0.2, 0) is 11.3 Å². The summed E-state index contributed by atoms with van der Waals surface area (Å²) in [5, 5.41) is 10.5. The van der Waals surface area contributed by atoms with E-state index >= 15 is 0 Å². The summed E-state index contributed by atoms with van der Waals surface area (Å²) in [5.41, 5.74) is 0.924. The van der Waals surface area contributed by atoms with Gasteiger partial charge in [-0.2, -0.15) is 0 Å². The van der Waals surface area contributed by atoms with Crippen LogP contribution in [0.4, 0.5) is 5.95 Å². The first-order valence-corrected chi connectivity index (χ1v) is 10.8. The van der Waals surface area contributed by atoms with Crippen LogP contribution >= 0.6 is 24.0 Å². The van der Waals surface area contributed by atoms with Gasteiger partial charge in [-0.3, -0.25) is 4.79 Å². The summed E-state index contributed by atoms with van der Waals surface area (Å²) in [6, 6.07) is 3.73. The number of carbonyl (C=O) groups is 1. The number of rotatable bonds is 8. The van der Waals surface area contributed by atoms with Gasteiger partial charge in [-0.05, 0) is 18.9 Å². The van der Waals surface area contributed by atoms with Crippen LogP contribution in [-0.4, -0.2) is 71.2 Å². The molecule has 2 N–H and O–H groups in total. The van der Waals surface area contributed by atoms with Gasteiger partial charge in [0.1, 0.15) is 6.54 Å². The molecule has 1 saturated heterocycles. The van der Waals surface area contributed by atoms with Gasteiger partial charge in [0.05, 0.1) is 5.69 Å². The number of aromatic nitrogens is 3. The van der Waals surface area contributed by atoms with Gasteiger partial charge in [-0.15, -0.1) is 24.0 Å². The minimum Gasteiger partial charge on any atom is -0.359 e. The third kappa shape index (κ3) is 7.61. The standard InChI is InChI=1S/C21H32N8O2.HI/c1-4-22-20(26-15-17-14-18(16(2)3)27-31-17)23-9-6-19(30)28-10-12-29(13-11-28)21-24-7-5-8-25-21;/h5,7-8,14,16H,4,6,9-13,15H2,1-3H3,(H2,22,23,26);1H. The lowest BCUT2D eigenvalue weighted by molar-refractivity contribution is -0.131. The van der Waals surface area contributed by atoms with Gasteiger partial charge in [0.25, 0.3) is 0 Å². The molecule has 0 spiro atoms. The molecule has 0 aliphatic carbocycles. The van der Waals surface area contributed by atoms with Crippen LogP contribution in [0, 0.1) is 0 Å². The minimum absolute atomic E-state index is 0. The van der Waals surface area contributed by atoms with Crippen molar-refractivity contribution in [3.8, 4) is 0 Å². The van der Waals surface area contributed by atoms with Crippen molar-refractivity contribution in [3.05, 3.63) is 36.0 Å². The van der Waals surface area contributed by atoms with E-state index in [0.717, 1.165) is 37.0 Å². The summed E-state index contributed by atoms with van der Waals surface area (Å²) < 4.78 is 5.33. The van der Waals surface area contributed by atoms with E-state index < -0.39 is 0 Å². The van der Waals surface area contributed by atoms with E-state index in [0.29, 0.717) is 44.5 Å². The molecule has 1 fully saturated rings. The molecule has 0 aromatic carbocycles. The number of nitrogens with one attached hydrogen (secondary N) is 2. The van der Waals surface area contributed by atoms with Crippen LogP contribution in [0.2, 0.25) is 0 Å². The van der Waals surface area contributed by atoms with Crippen molar-refractivity contribution < 1.29 is 9.32 Å². The Hall–Kier alpha value is -2.44. The molecule has 2 aromatic rings. The molecule has 176 valence electrons. The maximum absolute atomic E-state index is 12.6. The molecule has 1 amide bonds. The minimum atomic E-state index is 0. The Balaban J connectivity index is 0.00000363. The molecule has 32 heavy (non-hydrogen) atoms. The normalized spacial score (nSPS) is 14.3. The second-order valence-corrected chi connectivity index (χ2v) is 7.66. The number of hydrogen-bond donors (Lipinski definition) is 2. The number of piperazine rings is 1. The van der Waals surface area contributed by atoms with Crippen molar-refractivity contribution in [1.82, 2.24) is 30.7 Å². The third-order valence-electron chi connectivity index (χ3n) is 5.00. The zero-order valence-corrected chi connectivity index (χ0v) is 21.3. The van der Waals surface area contributed by atoms with Crippen molar-refractivity contribution in [2.75, 3.05) is 44.2 Å². The zero-order chi connectivity index (χ0) is 22.1. The number of amides is 1. The molecule has 0 atom stereocenters. The van der Waals surface area contributed by atoms with Crippen molar-refractivity contribution in [1.29, 1.82) is 0 Å². The fraction of sp³-hybridized carbons (Fsp3) is 0.571. The Labute approximate surface area is 206 Å². The molecule has 0 saturated carbocycles. The van der Waals surface area contributed by atoms with Crippen LogP contribution in [0.3, 0.4) is 0 Å². The van der Waals surface area contributed by atoms with E-state index in [1.54, 1.807) is 18.5 Å². The lowest BCUT2D eigenvalue weighted by atomic mass is 10.1. The van der Waals surface area contributed by atoms with Gasteiger partial charge in [0.15, 0.2) is 11.7 Å². The molecule has 10 nitrogen and oxygen atoms in total. The van der Waals surface area contributed by atoms with E-state index in [9.17, 15) is 4.79 Å². The first-order chi connectivity index (χ1) is 15.1. The second kappa shape index (κ2) is 13.2. The second-order valence-electron chi connectivity index (χ2n) is 7.66. The molecule has 2 aromatic heterocycles. The highest BCUT2D eigenvalue weighted by Crippen LogP contribution is 2.14. The SMILES string of the molecule is CCNC(=NCc1cc(C(C)C)no1)NCCC(=O)N1CCN(c2ncccn2)CC1.I. The number of carbonyl (C=O) groups excluding carboxylic acids is 1. The average molecular weight is 556 g/mol. The smallest absolute Gasteiger partial charge is 0.225 e. The summed E-state index contributed by atoms with van der Waals surface area (Å²) in [7, 11) is 0. The zero-order valence-electron chi connectivity index (χ0n) is 19.0. The highest BCUT2D eigenvalue weighted by molar-refractivity contribution is 14.0. The number of nitrogens with zero attached hydrogens (tertiary/aromatic N) is 6. The average Bonchev–Trinajstić information content (AvgIpc) is 3.27. The Morgan fingerprint density at radius 3 is 2.53 bits per heavy atom. The molecule has 0 radical (unpaired) electrons. The van der Waals surface area contributed by atoms with Crippen LogP contribution in [0.5, 0.6) is 0 Å². The molecule has 0 unspecified atom stereocenters. The van der Waals surface area contributed by atoms with Gasteiger partial charge in [-0.1, -0.05) is 19.0 Å². The van der Waals surface area contributed by atoms with E-state index in [2.05, 4.69) is 49.5 Å². The maximum atomic E-state index is 12.6. The highest BCUT2D eigenvalue weighted by Gasteiger charge is 2.22. The first kappa shape index (κ1) is 25.8. The quantitative estimate of drug-likeness (QED) is 0.289. The van der Waals surface area contributed by atoms with Crippen molar-refractivity contribution in [2.45, 2.75) is 39.7 Å². The fourth-order valence-corrected chi connectivity index (χ4v) is 3.23. The molecule has 3 rings (SSSR count). The number of aliphatic imine (C=N–C) groups is 1. The van der Waals surface area contributed by atoms with Crippen molar-refractivity contribution in [3.63, 3.8) is 0 Å². The van der Waals surface area contributed by atoms with E-state index in [1.807, 2.05) is 17.9 Å². The van der Waals surface area contributed by atoms with Crippen LogP contribution in [0.15, 0.2) is 34.0 Å². The first-order valence-electron chi connectivity index (χ1n) is 10.8. The predicted octanol–water partition coefficient (Wildman–Crippen LogP) is 2.00. The van der Waals surface area contributed by atoms with Gasteiger partial charge >= 0.3 is 0 Å². The number of halogens is 1. The molecule has 0 bridgehead atoms. The monoisotopic (exact) mass is 556 g/mol. The summed E-state index contributed by atoms with van der Waals surface area (Å²) in [6.45, 7) is 10.6. The van der Waals surface area contributed by atoms with Crippen molar-refractivity contribution >= 4 is 41.8 Å². The number of guanidine groups is 1. The molecule has 3 heterocycles. The van der Waals surface area contributed by atoms with Gasteiger partial charge in [0, 0.05) is 64.1 Å². The van der Waals surface area contributed by atoms with Crippen LogP contribution < -0.4 is 15.5 Å². The van der Waals surface area contributed by atoms with E-state index in [1.165, 1.54) is 0 Å². The van der Waals surface area contributed by atoms with Gasteiger partial charge < -0.3 is 25.0 Å². The fourth-order valence-electron chi connectivity index (χ4n) is 3.23. The third-order valence-corrected chi connectivity index (χ3v) is 5.00. The molecular weight excluding hydrogens is 523 g/mol. The summed E-state index contributed by atoms with van der Waals surface area (Å²) in [4.78, 5) is 29.7. The lowest BCUT2D eigenvalue weighted by Gasteiger charge is -2.34. The predicted molar refractivity (Wildman–Crippen MR) is 134 cm³/mol. The molecule has 1 aliphatic heterocycles.